The van der Waals surface area contributed by atoms with E-state index in [1.165, 1.54) is 11.6 Å². The number of aliphatic hydroxyl groups is 1. The van der Waals surface area contributed by atoms with Crippen molar-refractivity contribution in [1.29, 1.82) is 0 Å². The minimum Gasteiger partial charge on any atom is -0.488 e. The molecule has 1 fully saturated rings. The highest BCUT2D eigenvalue weighted by molar-refractivity contribution is 5.45. The van der Waals surface area contributed by atoms with Gasteiger partial charge >= 0.3 is 0 Å². The molecule has 0 saturated carbocycles. The van der Waals surface area contributed by atoms with Gasteiger partial charge in [-0.3, -0.25) is 4.90 Å². The van der Waals surface area contributed by atoms with Crippen molar-refractivity contribution in [2.75, 3.05) is 45.3 Å². The van der Waals surface area contributed by atoms with Gasteiger partial charge in [0.25, 0.3) is 0 Å². The van der Waals surface area contributed by atoms with E-state index in [-0.39, 0.29) is 18.5 Å². The van der Waals surface area contributed by atoms with Gasteiger partial charge in [0.05, 0.1) is 6.10 Å². The summed E-state index contributed by atoms with van der Waals surface area (Å²) in [6, 6.07) is 14.7. The predicted octanol–water partition coefficient (Wildman–Crippen LogP) is 3.31. The molecule has 5 nitrogen and oxygen atoms in total. The van der Waals surface area contributed by atoms with Gasteiger partial charge < -0.3 is 19.5 Å². The van der Waals surface area contributed by atoms with Crippen LogP contribution in [0.15, 0.2) is 48.5 Å². The second-order valence-electron chi connectivity index (χ2n) is 7.79. The van der Waals surface area contributed by atoms with Gasteiger partial charge in [-0.25, -0.2) is 4.39 Å². The summed E-state index contributed by atoms with van der Waals surface area (Å²) in [4.78, 5) is 4.26. The number of aliphatic hydroxyl groups excluding tert-OH is 1. The van der Waals surface area contributed by atoms with Crippen LogP contribution in [0.25, 0.3) is 0 Å². The number of anilines is 1. The molecule has 0 aromatic heterocycles. The molecule has 6 heteroatoms. The van der Waals surface area contributed by atoms with E-state index < -0.39 is 11.9 Å². The minimum absolute atomic E-state index is 0.0442. The quantitative estimate of drug-likeness (QED) is 0.661. The topological polar surface area (TPSA) is 45.2 Å². The predicted molar refractivity (Wildman–Crippen MR) is 113 cm³/mol. The summed E-state index contributed by atoms with van der Waals surface area (Å²) in [6.45, 7) is 2.75. The Balaban J connectivity index is 1.59. The fraction of sp³-hybridized carbons (Fsp3) is 0.478. The van der Waals surface area contributed by atoms with Gasteiger partial charge in [0.2, 0.25) is 0 Å². The van der Waals surface area contributed by atoms with Gasteiger partial charge in [0, 0.05) is 46.0 Å². The van der Waals surface area contributed by atoms with Crippen molar-refractivity contribution in [2.45, 2.75) is 31.6 Å². The first kappa shape index (κ1) is 21.6. The smallest absolute Gasteiger partial charge is 0.165 e. The van der Waals surface area contributed by atoms with Crippen molar-refractivity contribution in [3.63, 3.8) is 0 Å². The summed E-state index contributed by atoms with van der Waals surface area (Å²) in [5.41, 5.74) is 2.33. The van der Waals surface area contributed by atoms with Crippen LogP contribution in [0.3, 0.4) is 0 Å². The zero-order valence-corrected chi connectivity index (χ0v) is 17.3. The molecule has 2 aromatic carbocycles. The Hall–Kier alpha value is -2.15. The van der Waals surface area contributed by atoms with Crippen molar-refractivity contribution in [2.24, 2.45) is 0 Å². The number of hydrogen-bond acceptors (Lipinski definition) is 5. The Morgan fingerprint density at radius 3 is 2.59 bits per heavy atom. The van der Waals surface area contributed by atoms with Crippen LogP contribution in [0.2, 0.25) is 0 Å². The third kappa shape index (κ3) is 6.70. The van der Waals surface area contributed by atoms with Crippen LogP contribution in [0, 0.1) is 5.82 Å². The Morgan fingerprint density at radius 2 is 1.93 bits per heavy atom. The van der Waals surface area contributed by atoms with Gasteiger partial charge in [0.15, 0.2) is 11.6 Å². The fourth-order valence-corrected chi connectivity index (χ4v) is 3.54. The normalized spacial score (nSPS) is 17.5. The van der Waals surface area contributed by atoms with Gasteiger partial charge in [-0.05, 0) is 42.7 Å². The number of benzene rings is 2. The molecule has 29 heavy (non-hydrogen) atoms. The van der Waals surface area contributed by atoms with Crippen molar-refractivity contribution in [3.8, 4) is 5.75 Å². The SMILES string of the molecule is CN(C)c1ccc(CN(CC(O)COc2ccccc2F)CC2CCCO2)cc1. The molecular formula is C23H31FN2O3. The van der Waals surface area contributed by atoms with E-state index in [1.807, 2.05) is 14.1 Å². The average molecular weight is 403 g/mol. The molecule has 0 bridgehead atoms. The number of nitrogens with zero attached hydrogens (tertiary/aromatic N) is 2. The lowest BCUT2D eigenvalue weighted by Gasteiger charge is -2.27. The molecule has 1 aliphatic heterocycles. The molecule has 2 aromatic rings. The molecule has 0 amide bonds. The summed E-state index contributed by atoms with van der Waals surface area (Å²) >= 11 is 0. The van der Waals surface area contributed by atoms with E-state index in [2.05, 4.69) is 34.1 Å². The fourth-order valence-electron chi connectivity index (χ4n) is 3.54. The third-order valence-electron chi connectivity index (χ3n) is 5.08. The van der Waals surface area contributed by atoms with E-state index >= 15 is 0 Å². The number of ether oxygens (including phenoxy) is 2. The molecule has 0 aliphatic carbocycles. The maximum Gasteiger partial charge on any atom is 0.165 e. The van der Waals surface area contributed by atoms with Crippen LogP contribution in [0.5, 0.6) is 5.75 Å². The third-order valence-corrected chi connectivity index (χ3v) is 5.08. The molecule has 158 valence electrons. The molecule has 1 saturated heterocycles. The van der Waals surface area contributed by atoms with Gasteiger partial charge in [-0.15, -0.1) is 0 Å². The Bertz CT molecular complexity index is 748. The second-order valence-corrected chi connectivity index (χ2v) is 7.79. The summed E-state index contributed by atoms with van der Waals surface area (Å²) in [5, 5.41) is 10.5. The van der Waals surface area contributed by atoms with Crippen molar-refractivity contribution in [1.82, 2.24) is 4.90 Å². The van der Waals surface area contributed by atoms with Crippen LogP contribution < -0.4 is 9.64 Å². The molecule has 2 unspecified atom stereocenters. The maximum atomic E-state index is 13.7. The number of halogens is 1. The van der Waals surface area contributed by atoms with Crippen LogP contribution in [0.1, 0.15) is 18.4 Å². The summed E-state index contributed by atoms with van der Waals surface area (Å²) in [7, 11) is 4.04. The first-order valence-electron chi connectivity index (χ1n) is 10.2. The second kappa shape index (κ2) is 10.6. The van der Waals surface area contributed by atoms with Crippen LogP contribution in [0.4, 0.5) is 10.1 Å². The first-order chi connectivity index (χ1) is 14.0. The first-order valence-corrected chi connectivity index (χ1v) is 10.2. The molecule has 1 heterocycles. The Labute approximate surface area is 172 Å². The Kier molecular flexibility index (Phi) is 7.86. The summed E-state index contributed by atoms with van der Waals surface area (Å²) in [5.74, 6) is -0.256. The van der Waals surface area contributed by atoms with E-state index in [9.17, 15) is 9.50 Å². The van der Waals surface area contributed by atoms with E-state index in [0.29, 0.717) is 13.1 Å². The van der Waals surface area contributed by atoms with Crippen molar-refractivity contribution < 1.29 is 19.0 Å². The van der Waals surface area contributed by atoms with Crippen LogP contribution in [-0.4, -0.2) is 62.6 Å². The summed E-state index contributed by atoms with van der Waals surface area (Å²) < 4.78 is 25.0. The van der Waals surface area contributed by atoms with Crippen LogP contribution >= 0.6 is 0 Å². The highest BCUT2D eigenvalue weighted by Gasteiger charge is 2.21. The van der Waals surface area contributed by atoms with Crippen LogP contribution in [-0.2, 0) is 11.3 Å². The van der Waals surface area contributed by atoms with Gasteiger partial charge in [-0.1, -0.05) is 24.3 Å². The largest absolute Gasteiger partial charge is 0.488 e. The molecular weight excluding hydrogens is 371 g/mol. The molecule has 2 atom stereocenters. The zero-order valence-electron chi connectivity index (χ0n) is 17.3. The van der Waals surface area contributed by atoms with Gasteiger partial charge in [-0.2, -0.15) is 0 Å². The monoisotopic (exact) mass is 402 g/mol. The lowest BCUT2D eigenvalue weighted by Crippen LogP contribution is -2.39. The number of para-hydroxylation sites is 1. The van der Waals surface area contributed by atoms with Gasteiger partial charge in [0.1, 0.15) is 12.7 Å². The highest BCUT2D eigenvalue weighted by atomic mass is 19.1. The molecule has 0 spiro atoms. The van der Waals surface area contributed by atoms with Crippen molar-refractivity contribution >= 4 is 5.69 Å². The van der Waals surface area contributed by atoms with E-state index in [4.69, 9.17) is 9.47 Å². The maximum absolute atomic E-state index is 13.7. The Morgan fingerprint density at radius 1 is 1.17 bits per heavy atom. The lowest BCUT2D eigenvalue weighted by atomic mass is 10.1. The zero-order chi connectivity index (χ0) is 20.6. The average Bonchev–Trinajstić information content (AvgIpc) is 3.21. The number of rotatable bonds is 10. The highest BCUT2D eigenvalue weighted by Crippen LogP contribution is 2.19. The molecule has 1 N–H and O–H groups in total. The molecule has 0 radical (unpaired) electrons. The molecule has 3 rings (SSSR count). The van der Waals surface area contributed by atoms with E-state index in [0.717, 1.165) is 31.7 Å². The van der Waals surface area contributed by atoms with Crippen molar-refractivity contribution in [3.05, 3.63) is 59.9 Å². The molecule has 1 aliphatic rings. The number of hydrogen-bond donors (Lipinski definition) is 1. The minimum atomic E-state index is -0.725. The summed E-state index contributed by atoms with van der Waals surface area (Å²) in [6.07, 6.45) is 1.58. The van der Waals surface area contributed by atoms with E-state index in [1.54, 1.807) is 18.2 Å². The standard InChI is InChI=1S/C23H31FN2O3/c1-25(2)19-11-9-18(10-12-19)14-26(16-21-6-5-13-28-21)15-20(27)17-29-23-8-4-3-7-22(23)24/h3-4,7-12,20-21,27H,5-6,13-17H2,1-2H3. The lowest BCUT2D eigenvalue weighted by molar-refractivity contribution is 0.0308.